The van der Waals surface area contributed by atoms with Gasteiger partial charge in [0.2, 0.25) is 0 Å². The average molecular weight is 265 g/mol. The lowest BCUT2D eigenvalue weighted by Gasteiger charge is -2.28. The molecule has 3 rings (SSSR count). The highest BCUT2D eigenvalue weighted by molar-refractivity contribution is 7.99. The van der Waals surface area contributed by atoms with Crippen LogP contribution >= 0.6 is 11.8 Å². The average Bonchev–Trinajstić information content (AvgIpc) is 3.23. The molecule has 1 aromatic rings. The molecule has 1 aliphatic heterocycles. The topological polar surface area (TPSA) is 44.5 Å². The summed E-state index contributed by atoms with van der Waals surface area (Å²) in [6.45, 7) is 0.807. The van der Waals surface area contributed by atoms with Gasteiger partial charge in [-0.1, -0.05) is 12.1 Å². The van der Waals surface area contributed by atoms with Gasteiger partial charge in [-0.05, 0) is 30.5 Å². The predicted octanol–water partition coefficient (Wildman–Crippen LogP) is 2.36. The number of hydrogen-bond acceptors (Lipinski definition) is 4. The number of ether oxygens (including phenoxy) is 2. The first kappa shape index (κ1) is 12.3. The molecule has 1 aromatic carbocycles. The fourth-order valence-corrected chi connectivity index (χ4v) is 3.02. The first-order valence-corrected chi connectivity index (χ1v) is 7.70. The molecule has 3 nitrogen and oxygen atoms in total. The Hall–Kier alpha value is -0.710. The Labute approximate surface area is 112 Å². The van der Waals surface area contributed by atoms with E-state index < -0.39 is 0 Å². The summed E-state index contributed by atoms with van der Waals surface area (Å²) in [6, 6.07) is 8.09. The largest absolute Gasteiger partial charge is 0.490 e. The van der Waals surface area contributed by atoms with Crippen LogP contribution in [0.1, 0.15) is 24.4 Å². The van der Waals surface area contributed by atoms with Gasteiger partial charge < -0.3 is 15.2 Å². The van der Waals surface area contributed by atoms with Crippen LogP contribution < -0.4 is 10.5 Å². The maximum absolute atomic E-state index is 6.29. The van der Waals surface area contributed by atoms with Crippen molar-refractivity contribution in [3.05, 3.63) is 29.8 Å². The Balaban J connectivity index is 1.69. The molecule has 0 amide bonds. The van der Waals surface area contributed by atoms with E-state index in [1.54, 1.807) is 0 Å². The van der Waals surface area contributed by atoms with Crippen molar-refractivity contribution in [2.24, 2.45) is 5.73 Å². The third-order valence-electron chi connectivity index (χ3n) is 3.31. The summed E-state index contributed by atoms with van der Waals surface area (Å²) in [5, 5.41) is 0. The monoisotopic (exact) mass is 265 g/mol. The zero-order valence-electron chi connectivity index (χ0n) is 10.4. The van der Waals surface area contributed by atoms with Crippen LogP contribution in [0.3, 0.4) is 0 Å². The number of thioether (sulfide) groups is 1. The van der Waals surface area contributed by atoms with Crippen molar-refractivity contribution in [2.45, 2.75) is 31.1 Å². The van der Waals surface area contributed by atoms with Crippen LogP contribution in [0.15, 0.2) is 24.3 Å². The third-order valence-corrected chi connectivity index (χ3v) is 4.33. The Morgan fingerprint density at radius 1 is 1.39 bits per heavy atom. The Morgan fingerprint density at radius 2 is 2.28 bits per heavy atom. The smallest absolute Gasteiger partial charge is 0.120 e. The summed E-state index contributed by atoms with van der Waals surface area (Å²) in [5.74, 6) is 3.00. The van der Waals surface area contributed by atoms with Crippen LogP contribution in [0.25, 0.3) is 0 Å². The second-order valence-corrected chi connectivity index (χ2v) is 6.05. The SMILES string of the molecule is NC(c1cccc(OC2CC2)c1)C1CSCCO1. The molecule has 1 saturated carbocycles. The van der Waals surface area contributed by atoms with Crippen LogP contribution in [-0.4, -0.2) is 30.3 Å². The number of benzene rings is 1. The molecule has 0 spiro atoms. The molecule has 1 heterocycles. The highest BCUT2D eigenvalue weighted by atomic mass is 32.2. The lowest BCUT2D eigenvalue weighted by molar-refractivity contribution is 0.0569. The van der Waals surface area contributed by atoms with E-state index in [2.05, 4.69) is 12.1 Å². The normalized spacial score (nSPS) is 25.7. The minimum Gasteiger partial charge on any atom is -0.490 e. The molecule has 2 atom stereocenters. The Bertz CT molecular complexity index is 403. The van der Waals surface area contributed by atoms with E-state index >= 15 is 0 Å². The summed E-state index contributed by atoms with van der Waals surface area (Å²) in [5.41, 5.74) is 7.40. The first-order valence-electron chi connectivity index (χ1n) is 6.54. The van der Waals surface area contributed by atoms with Gasteiger partial charge in [0.15, 0.2) is 0 Å². The molecule has 0 aromatic heterocycles. The van der Waals surface area contributed by atoms with E-state index in [-0.39, 0.29) is 12.1 Å². The minimum atomic E-state index is -0.0550. The molecule has 2 aliphatic rings. The molecule has 2 fully saturated rings. The standard InChI is InChI=1S/C14H19NO2S/c15-14(13-9-18-7-6-16-13)10-2-1-3-12(8-10)17-11-4-5-11/h1-3,8,11,13-14H,4-7,9,15H2. The summed E-state index contributed by atoms with van der Waals surface area (Å²) < 4.78 is 11.5. The van der Waals surface area contributed by atoms with Crippen molar-refractivity contribution in [1.82, 2.24) is 0 Å². The predicted molar refractivity (Wildman–Crippen MR) is 74.1 cm³/mol. The van der Waals surface area contributed by atoms with E-state index in [1.165, 1.54) is 12.8 Å². The maximum Gasteiger partial charge on any atom is 0.120 e. The van der Waals surface area contributed by atoms with Crippen molar-refractivity contribution in [3.63, 3.8) is 0 Å². The van der Waals surface area contributed by atoms with Gasteiger partial charge >= 0.3 is 0 Å². The summed E-state index contributed by atoms with van der Waals surface area (Å²) >= 11 is 1.91. The zero-order chi connectivity index (χ0) is 12.4. The number of rotatable bonds is 4. The van der Waals surface area contributed by atoms with Crippen LogP contribution in [0.4, 0.5) is 0 Å². The van der Waals surface area contributed by atoms with Gasteiger partial charge in [0.05, 0.1) is 24.9 Å². The summed E-state index contributed by atoms with van der Waals surface area (Å²) in [6.07, 6.45) is 2.91. The molecular formula is C14H19NO2S. The van der Waals surface area contributed by atoms with E-state index in [0.29, 0.717) is 6.10 Å². The lowest BCUT2D eigenvalue weighted by atomic mass is 10.0. The minimum absolute atomic E-state index is 0.0550. The van der Waals surface area contributed by atoms with Crippen molar-refractivity contribution in [3.8, 4) is 5.75 Å². The van der Waals surface area contributed by atoms with Gasteiger partial charge in [0.25, 0.3) is 0 Å². The van der Waals surface area contributed by atoms with Gasteiger partial charge in [0, 0.05) is 11.5 Å². The van der Waals surface area contributed by atoms with Gasteiger partial charge in [-0.3, -0.25) is 0 Å². The Morgan fingerprint density at radius 3 is 3.00 bits per heavy atom. The Kier molecular flexibility index (Phi) is 3.77. The van der Waals surface area contributed by atoms with E-state index in [0.717, 1.165) is 29.4 Å². The van der Waals surface area contributed by atoms with Crippen molar-refractivity contribution >= 4 is 11.8 Å². The molecule has 1 saturated heterocycles. The molecular weight excluding hydrogens is 246 g/mol. The molecule has 4 heteroatoms. The zero-order valence-corrected chi connectivity index (χ0v) is 11.2. The summed E-state index contributed by atoms with van der Waals surface area (Å²) in [7, 11) is 0. The van der Waals surface area contributed by atoms with E-state index in [4.69, 9.17) is 15.2 Å². The molecule has 0 radical (unpaired) electrons. The maximum atomic E-state index is 6.29. The van der Waals surface area contributed by atoms with Crippen LogP contribution in [-0.2, 0) is 4.74 Å². The van der Waals surface area contributed by atoms with Gasteiger partial charge in [-0.2, -0.15) is 11.8 Å². The first-order chi connectivity index (χ1) is 8.83. The fraction of sp³-hybridized carbons (Fsp3) is 0.571. The van der Waals surface area contributed by atoms with Crippen LogP contribution in [0, 0.1) is 0 Å². The van der Waals surface area contributed by atoms with Crippen molar-refractivity contribution < 1.29 is 9.47 Å². The van der Waals surface area contributed by atoms with Crippen molar-refractivity contribution in [2.75, 3.05) is 18.1 Å². The van der Waals surface area contributed by atoms with Gasteiger partial charge in [0.1, 0.15) is 5.75 Å². The molecule has 2 N–H and O–H groups in total. The second kappa shape index (κ2) is 5.51. The van der Waals surface area contributed by atoms with Gasteiger partial charge in [-0.15, -0.1) is 0 Å². The third kappa shape index (κ3) is 2.99. The number of hydrogen-bond donors (Lipinski definition) is 1. The van der Waals surface area contributed by atoms with Crippen LogP contribution in [0.2, 0.25) is 0 Å². The molecule has 2 unspecified atom stereocenters. The highest BCUT2D eigenvalue weighted by Gasteiger charge is 2.25. The second-order valence-electron chi connectivity index (χ2n) is 4.90. The molecule has 1 aliphatic carbocycles. The highest BCUT2D eigenvalue weighted by Crippen LogP contribution is 2.30. The van der Waals surface area contributed by atoms with E-state index in [1.807, 2.05) is 23.9 Å². The van der Waals surface area contributed by atoms with Gasteiger partial charge in [-0.25, -0.2) is 0 Å². The quantitative estimate of drug-likeness (QED) is 0.907. The molecule has 0 bridgehead atoms. The van der Waals surface area contributed by atoms with E-state index in [9.17, 15) is 0 Å². The number of nitrogens with two attached hydrogens (primary N) is 1. The molecule has 98 valence electrons. The van der Waals surface area contributed by atoms with Crippen LogP contribution in [0.5, 0.6) is 5.75 Å². The fourth-order valence-electron chi connectivity index (χ4n) is 2.10. The summed E-state index contributed by atoms with van der Waals surface area (Å²) in [4.78, 5) is 0. The van der Waals surface area contributed by atoms with Crippen molar-refractivity contribution in [1.29, 1.82) is 0 Å². The lowest BCUT2D eigenvalue weighted by Crippen LogP contribution is -2.34. The molecule has 18 heavy (non-hydrogen) atoms.